The van der Waals surface area contributed by atoms with Crippen molar-refractivity contribution in [2.24, 2.45) is 0 Å². The molecule has 1 saturated carbocycles. The van der Waals surface area contributed by atoms with Gasteiger partial charge < -0.3 is 9.84 Å². The minimum absolute atomic E-state index is 0.395. The van der Waals surface area contributed by atoms with Crippen LogP contribution in [0.25, 0.3) is 31.8 Å². The Balaban J connectivity index is 1.25. The van der Waals surface area contributed by atoms with E-state index in [0.717, 1.165) is 42.9 Å². The number of carboxylic acids is 1. The second kappa shape index (κ2) is 10.0. The number of pyridine rings is 1. The first-order chi connectivity index (χ1) is 18.9. The fraction of sp³-hybridized carbons (Fsp3) is 0.156. The summed E-state index contributed by atoms with van der Waals surface area (Å²) in [7, 11) is 0. The van der Waals surface area contributed by atoms with Crippen molar-refractivity contribution in [2.45, 2.75) is 31.3 Å². The first kappa shape index (κ1) is 24.8. The summed E-state index contributed by atoms with van der Waals surface area (Å²) in [6.07, 6.45) is 2.20. The summed E-state index contributed by atoms with van der Waals surface area (Å²) in [4.78, 5) is 30.8. The minimum Gasteiger partial charge on any atom is -0.481 e. The molecule has 0 saturated heterocycles. The number of carbonyl (C=O) groups is 2. The van der Waals surface area contributed by atoms with Crippen molar-refractivity contribution in [2.75, 3.05) is 5.32 Å². The Morgan fingerprint density at radius 1 is 0.897 bits per heavy atom. The highest BCUT2D eigenvalue weighted by Crippen LogP contribution is 2.48. The zero-order valence-electron chi connectivity index (χ0n) is 21.3. The molecule has 2 N–H and O–H groups in total. The van der Waals surface area contributed by atoms with E-state index < -0.39 is 23.6 Å². The lowest BCUT2D eigenvalue weighted by atomic mass is 9.93. The monoisotopic (exact) mass is 534 g/mol. The van der Waals surface area contributed by atoms with Gasteiger partial charge in [0.05, 0.1) is 16.0 Å². The van der Waals surface area contributed by atoms with Crippen molar-refractivity contribution >= 4 is 39.3 Å². The van der Waals surface area contributed by atoms with Crippen LogP contribution in [-0.4, -0.2) is 22.2 Å². The molecular weight excluding hydrogens is 508 g/mol. The SMILES string of the molecule is CC(OC(=O)Nc1c(-c2ccc(-c3ccc(C4(C(=O)O)CC4)cc3)cc2)sc2ncccc12)c1ccccc1. The van der Waals surface area contributed by atoms with Crippen LogP contribution in [0.2, 0.25) is 0 Å². The zero-order valence-corrected chi connectivity index (χ0v) is 22.1. The van der Waals surface area contributed by atoms with E-state index >= 15 is 0 Å². The number of hydrogen-bond acceptors (Lipinski definition) is 5. The van der Waals surface area contributed by atoms with Gasteiger partial charge in [0.1, 0.15) is 10.9 Å². The molecule has 1 unspecified atom stereocenters. The van der Waals surface area contributed by atoms with Gasteiger partial charge >= 0.3 is 12.1 Å². The Kier molecular flexibility index (Phi) is 6.37. The van der Waals surface area contributed by atoms with E-state index in [-0.39, 0.29) is 0 Å². The van der Waals surface area contributed by atoms with Crippen molar-refractivity contribution < 1.29 is 19.4 Å². The maximum atomic E-state index is 12.9. The Hall–Kier alpha value is -4.49. The molecule has 194 valence electrons. The lowest BCUT2D eigenvalue weighted by molar-refractivity contribution is -0.140. The summed E-state index contributed by atoms with van der Waals surface area (Å²) >= 11 is 1.51. The number of carboxylic acid groups (broad SMARTS) is 1. The summed E-state index contributed by atoms with van der Waals surface area (Å²) in [6.45, 7) is 1.85. The molecule has 39 heavy (non-hydrogen) atoms. The van der Waals surface area contributed by atoms with E-state index in [0.29, 0.717) is 18.5 Å². The molecule has 0 spiro atoms. The Labute approximate surface area is 229 Å². The molecule has 1 atom stereocenters. The minimum atomic E-state index is -0.750. The standard InChI is InChI=1S/C32H26N2O4S/c1-20(21-6-3-2-4-7-21)38-31(37)34-27-26-8-5-19-33-29(26)39-28(27)24-11-9-22(10-12-24)23-13-15-25(16-14-23)32(17-18-32)30(35)36/h2-16,19-20H,17-18H2,1H3,(H,34,37)(H,35,36). The molecule has 7 heteroatoms. The van der Waals surface area contributed by atoms with Crippen molar-refractivity contribution in [1.82, 2.24) is 4.98 Å². The predicted octanol–water partition coefficient (Wildman–Crippen LogP) is 8.06. The fourth-order valence-electron chi connectivity index (χ4n) is 4.89. The first-order valence-electron chi connectivity index (χ1n) is 12.8. The number of rotatable bonds is 7. The van der Waals surface area contributed by atoms with Gasteiger partial charge in [-0.1, -0.05) is 78.9 Å². The van der Waals surface area contributed by atoms with Crippen molar-refractivity contribution in [3.63, 3.8) is 0 Å². The van der Waals surface area contributed by atoms with E-state index in [1.807, 2.05) is 97.9 Å². The third-order valence-corrected chi connectivity index (χ3v) is 8.49. The number of fused-ring (bicyclic) bond motifs is 1. The smallest absolute Gasteiger partial charge is 0.412 e. The van der Waals surface area contributed by atoms with Crippen LogP contribution in [0.5, 0.6) is 0 Å². The summed E-state index contributed by atoms with van der Waals surface area (Å²) in [6, 6.07) is 29.3. The first-order valence-corrected chi connectivity index (χ1v) is 13.6. The Morgan fingerprint density at radius 2 is 1.54 bits per heavy atom. The summed E-state index contributed by atoms with van der Waals surface area (Å²) in [5.74, 6) is -0.750. The molecule has 6 nitrogen and oxygen atoms in total. The van der Waals surface area contributed by atoms with Crippen LogP contribution in [0.4, 0.5) is 10.5 Å². The number of hydrogen-bond donors (Lipinski definition) is 2. The van der Waals surface area contributed by atoms with Gasteiger partial charge in [0, 0.05) is 11.6 Å². The molecule has 3 aromatic carbocycles. The van der Waals surface area contributed by atoms with E-state index in [9.17, 15) is 14.7 Å². The number of carbonyl (C=O) groups excluding carboxylic acids is 1. The molecule has 5 aromatic rings. The molecular formula is C32H26N2O4S. The van der Waals surface area contributed by atoms with Gasteiger partial charge in [-0.05, 0) is 59.7 Å². The van der Waals surface area contributed by atoms with Gasteiger partial charge in [-0.25, -0.2) is 9.78 Å². The summed E-state index contributed by atoms with van der Waals surface area (Å²) in [5.41, 5.74) is 4.74. The molecule has 6 rings (SSSR count). The molecule has 0 aliphatic heterocycles. The maximum Gasteiger partial charge on any atom is 0.412 e. The third-order valence-electron chi connectivity index (χ3n) is 7.32. The van der Waals surface area contributed by atoms with Gasteiger partial charge in [0.15, 0.2) is 0 Å². The molecule has 1 amide bonds. The number of aromatic nitrogens is 1. The van der Waals surface area contributed by atoms with Gasteiger partial charge in [-0.15, -0.1) is 11.3 Å². The van der Waals surface area contributed by atoms with E-state index in [1.165, 1.54) is 11.3 Å². The fourth-order valence-corrected chi connectivity index (χ4v) is 5.99. The highest BCUT2D eigenvalue weighted by molar-refractivity contribution is 7.22. The lowest BCUT2D eigenvalue weighted by Crippen LogP contribution is -2.19. The molecule has 2 aromatic heterocycles. The number of aliphatic carboxylic acids is 1. The quantitative estimate of drug-likeness (QED) is 0.220. The van der Waals surface area contributed by atoms with Gasteiger partial charge in [0.25, 0.3) is 0 Å². The van der Waals surface area contributed by atoms with E-state index in [2.05, 4.69) is 10.3 Å². The number of ether oxygens (including phenoxy) is 1. The molecule has 1 aliphatic carbocycles. The van der Waals surface area contributed by atoms with E-state index in [4.69, 9.17) is 4.74 Å². The van der Waals surface area contributed by atoms with Crippen molar-refractivity contribution in [1.29, 1.82) is 0 Å². The predicted molar refractivity (Wildman–Crippen MR) is 154 cm³/mol. The second-order valence-electron chi connectivity index (χ2n) is 9.79. The van der Waals surface area contributed by atoms with Crippen LogP contribution < -0.4 is 5.32 Å². The van der Waals surface area contributed by atoms with Crippen molar-refractivity contribution in [3.05, 3.63) is 108 Å². The number of nitrogens with zero attached hydrogens (tertiary/aromatic N) is 1. The Bertz CT molecular complexity index is 1660. The molecule has 1 aliphatic rings. The van der Waals surface area contributed by atoms with Gasteiger partial charge in [-0.2, -0.15) is 0 Å². The second-order valence-corrected chi connectivity index (χ2v) is 10.8. The summed E-state index contributed by atoms with van der Waals surface area (Å²) in [5, 5.41) is 13.4. The zero-order chi connectivity index (χ0) is 27.0. The van der Waals surface area contributed by atoms with Crippen LogP contribution in [0.1, 0.15) is 37.0 Å². The third kappa shape index (κ3) is 4.77. The number of thiophene rings is 1. The van der Waals surface area contributed by atoms with Crippen LogP contribution >= 0.6 is 11.3 Å². The molecule has 2 heterocycles. The van der Waals surface area contributed by atoms with Crippen LogP contribution in [0.3, 0.4) is 0 Å². The number of nitrogens with one attached hydrogen (secondary N) is 1. The van der Waals surface area contributed by atoms with Crippen LogP contribution in [-0.2, 0) is 14.9 Å². The highest BCUT2D eigenvalue weighted by Gasteiger charge is 2.51. The van der Waals surface area contributed by atoms with Gasteiger partial charge in [-0.3, -0.25) is 10.1 Å². The molecule has 0 radical (unpaired) electrons. The highest BCUT2D eigenvalue weighted by atomic mass is 32.1. The molecule has 0 bridgehead atoms. The van der Waals surface area contributed by atoms with Crippen LogP contribution in [0, 0.1) is 0 Å². The topological polar surface area (TPSA) is 88.5 Å². The average Bonchev–Trinajstić information content (AvgIpc) is 3.71. The number of amides is 1. The lowest BCUT2D eigenvalue weighted by Gasteiger charge is -2.15. The van der Waals surface area contributed by atoms with Crippen LogP contribution in [0.15, 0.2) is 97.2 Å². The van der Waals surface area contributed by atoms with E-state index in [1.54, 1.807) is 6.20 Å². The largest absolute Gasteiger partial charge is 0.481 e. The normalized spacial score (nSPS) is 14.5. The Morgan fingerprint density at radius 3 is 2.18 bits per heavy atom. The van der Waals surface area contributed by atoms with Crippen molar-refractivity contribution in [3.8, 4) is 21.6 Å². The van der Waals surface area contributed by atoms with Gasteiger partial charge in [0.2, 0.25) is 0 Å². The average molecular weight is 535 g/mol. The number of anilines is 1. The maximum absolute atomic E-state index is 12.9. The summed E-state index contributed by atoms with van der Waals surface area (Å²) < 4.78 is 5.68. The molecule has 1 fully saturated rings. The number of benzene rings is 3.